The molecule has 2 unspecified atom stereocenters. The molecular weight excluding hydrogens is 212 g/mol. The average molecular weight is 234 g/mol. The van der Waals surface area contributed by atoms with Gasteiger partial charge in [-0.15, -0.1) is 0 Å². The molecular formula is C13H22N4. The molecule has 1 aliphatic rings. The molecule has 0 radical (unpaired) electrons. The zero-order chi connectivity index (χ0) is 12.4. The number of hydrogen-bond donors (Lipinski definition) is 2. The fraction of sp³-hybridized carbons (Fsp3) is 0.692. The Morgan fingerprint density at radius 3 is 2.53 bits per heavy atom. The molecule has 0 saturated heterocycles. The van der Waals surface area contributed by atoms with E-state index >= 15 is 0 Å². The van der Waals surface area contributed by atoms with Crippen molar-refractivity contribution < 1.29 is 0 Å². The number of rotatable bonds is 5. The second-order valence-corrected chi connectivity index (χ2v) is 5.15. The van der Waals surface area contributed by atoms with Crippen molar-refractivity contribution >= 4 is 11.6 Å². The maximum absolute atomic E-state index is 4.57. The van der Waals surface area contributed by atoms with Gasteiger partial charge in [-0.1, -0.05) is 20.8 Å². The normalized spacial score (nSPS) is 22.6. The van der Waals surface area contributed by atoms with E-state index in [1.54, 1.807) is 0 Å². The molecule has 0 bridgehead atoms. The van der Waals surface area contributed by atoms with Crippen molar-refractivity contribution in [3.05, 3.63) is 11.9 Å². The van der Waals surface area contributed by atoms with Crippen LogP contribution in [0.15, 0.2) is 6.07 Å². The summed E-state index contributed by atoms with van der Waals surface area (Å²) in [6.07, 6.45) is 1.25. The fourth-order valence-electron chi connectivity index (χ4n) is 1.78. The molecule has 0 amide bonds. The lowest BCUT2D eigenvalue weighted by Crippen LogP contribution is -2.10. The Kier molecular flexibility index (Phi) is 3.50. The first-order valence-electron chi connectivity index (χ1n) is 6.49. The van der Waals surface area contributed by atoms with Crippen LogP contribution in [0.2, 0.25) is 0 Å². The van der Waals surface area contributed by atoms with Gasteiger partial charge >= 0.3 is 0 Å². The molecule has 1 saturated carbocycles. The summed E-state index contributed by atoms with van der Waals surface area (Å²) in [4.78, 5) is 9.07. The molecule has 2 N–H and O–H groups in total. The maximum atomic E-state index is 4.57. The Hall–Kier alpha value is -1.32. The van der Waals surface area contributed by atoms with E-state index in [1.165, 1.54) is 6.42 Å². The van der Waals surface area contributed by atoms with E-state index in [4.69, 9.17) is 0 Å². The van der Waals surface area contributed by atoms with Crippen LogP contribution in [0.25, 0.3) is 0 Å². The molecule has 1 fully saturated rings. The van der Waals surface area contributed by atoms with Crippen molar-refractivity contribution in [3.8, 4) is 0 Å². The topological polar surface area (TPSA) is 49.8 Å². The van der Waals surface area contributed by atoms with Crippen LogP contribution in [0.1, 0.15) is 45.9 Å². The molecule has 0 aliphatic heterocycles. The highest BCUT2D eigenvalue weighted by Crippen LogP contribution is 2.32. The van der Waals surface area contributed by atoms with Crippen molar-refractivity contribution in [1.29, 1.82) is 0 Å². The third-order valence-corrected chi connectivity index (χ3v) is 3.06. The van der Waals surface area contributed by atoms with Crippen LogP contribution < -0.4 is 10.6 Å². The Morgan fingerprint density at radius 1 is 1.35 bits per heavy atom. The predicted molar refractivity (Wildman–Crippen MR) is 71.5 cm³/mol. The van der Waals surface area contributed by atoms with Gasteiger partial charge in [0.25, 0.3) is 0 Å². The SMILES string of the molecule is CCNc1cc(NC2CC2C)nc(C(C)C)n1. The molecule has 4 heteroatoms. The molecule has 2 rings (SSSR count). The largest absolute Gasteiger partial charge is 0.370 e. The predicted octanol–water partition coefficient (Wildman–Crippen LogP) is 2.85. The van der Waals surface area contributed by atoms with Crippen LogP contribution in [0, 0.1) is 5.92 Å². The quantitative estimate of drug-likeness (QED) is 0.822. The van der Waals surface area contributed by atoms with Gasteiger partial charge in [-0.2, -0.15) is 0 Å². The summed E-state index contributed by atoms with van der Waals surface area (Å²) in [6, 6.07) is 2.60. The van der Waals surface area contributed by atoms with Gasteiger partial charge in [-0.25, -0.2) is 9.97 Å². The molecule has 1 aromatic heterocycles. The van der Waals surface area contributed by atoms with Crippen LogP contribution in [-0.4, -0.2) is 22.6 Å². The molecule has 4 nitrogen and oxygen atoms in total. The van der Waals surface area contributed by atoms with E-state index < -0.39 is 0 Å². The standard InChI is InChI=1S/C13H22N4/c1-5-14-11-7-12(15-10-6-9(10)4)17-13(16-11)8(2)3/h7-10H,5-6H2,1-4H3,(H2,14,15,16,17). The second kappa shape index (κ2) is 4.90. The maximum Gasteiger partial charge on any atom is 0.135 e. The van der Waals surface area contributed by atoms with Gasteiger partial charge in [-0.05, 0) is 19.3 Å². The first-order chi connectivity index (χ1) is 8.10. The Morgan fingerprint density at radius 2 is 2.00 bits per heavy atom. The molecule has 1 heterocycles. The minimum Gasteiger partial charge on any atom is -0.370 e. The number of hydrogen-bond acceptors (Lipinski definition) is 4. The Labute approximate surface area is 103 Å². The van der Waals surface area contributed by atoms with Crippen LogP contribution in [-0.2, 0) is 0 Å². The monoisotopic (exact) mass is 234 g/mol. The van der Waals surface area contributed by atoms with Gasteiger partial charge in [0.2, 0.25) is 0 Å². The van der Waals surface area contributed by atoms with Gasteiger partial charge < -0.3 is 10.6 Å². The van der Waals surface area contributed by atoms with E-state index in [-0.39, 0.29) is 0 Å². The highest BCUT2D eigenvalue weighted by molar-refractivity contribution is 5.49. The van der Waals surface area contributed by atoms with E-state index in [1.807, 2.05) is 6.07 Å². The number of nitrogens with zero attached hydrogens (tertiary/aromatic N) is 2. The summed E-state index contributed by atoms with van der Waals surface area (Å²) in [5.74, 6) is 3.90. The lowest BCUT2D eigenvalue weighted by molar-refractivity contribution is 0.773. The highest BCUT2D eigenvalue weighted by Gasteiger charge is 2.32. The summed E-state index contributed by atoms with van der Waals surface area (Å²) >= 11 is 0. The molecule has 0 aromatic carbocycles. The Bertz CT molecular complexity index is 389. The third-order valence-electron chi connectivity index (χ3n) is 3.06. The number of anilines is 2. The summed E-state index contributed by atoms with van der Waals surface area (Å²) in [6.45, 7) is 9.46. The minimum atomic E-state index is 0.353. The first kappa shape index (κ1) is 12.1. The fourth-order valence-corrected chi connectivity index (χ4v) is 1.78. The molecule has 17 heavy (non-hydrogen) atoms. The minimum absolute atomic E-state index is 0.353. The van der Waals surface area contributed by atoms with E-state index in [0.29, 0.717) is 12.0 Å². The first-order valence-corrected chi connectivity index (χ1v) is 6.49. The smallest absolute Gasteiger partial charge is 0.135 e. The van der Waals surface area contributed by atoms with Crippen LogP contribution >= 0.6 is 0 Å². The molecule has 2 atom stereocenters. The molecule has 0 spiro atoms. The molecule has 1 aliphatic carbocycles. The van der Waals surface area contributed by atoms with Gasteiger partial charge in [-0.3, -0.25) is 0 Å². The van der Waals surface area contributed by atoms with Crippen LogP contribution in [0.5, 0.6) is 0 Å². The van der Waals surface area contributed by atoms with E-state index in [2.05, 4.69) is 48.3 Å². The third kappa shape index (κ3) is 3.08. The lowest BCUT2D eigenvalue weighted by Gasteiger charge is -2.12. The van der Waals surface area contributed by atoms with Crippen molar-refractivity contribution in [2.45, 2.75) is 46.1 Å². The zero-order valence-electron chi connectivity index (χ0n) is 11.1. The van der Waals surface area contributed by atoms with Crippen molar-refractivity contribution in [2.75, 3.05) is 17.2 Å². The van der Waals surface area contributed by atoms with Gasteiger partial charge in [0.05, 0.1) is 0 Å². The Balaban J connectivity index is 2.17. The summed E-state index contributed by atoms with van der Waals surface area (Å²) in [5.41, 5.74) is 0. The number of nitrogens with one attached hydrogen (secondary N) is 2. The average Bonchev–Trinajstić information content (AvgIpc) is 2.94. The summed E-state index contributed by atoms with van der Waals surface area (Å²) in [5, 5.41) is 6.73. The van der Waals surface area contributed by atoms with Gasteiger partial charge in [0, 0.05) is 24.6 Å². The van der Waals surface area contributed by atoms with Gasteiger partial charge in [0.15, 0.2) is 0 Å². The van der Waals surface area contributed by atoms with Crippen molar-refractivity contribution in [3.63, 3.8) is 0 Å². The summed E-state index contributed by atoms with van der Waals surface area (Å²) < 4.78 is 0. The zero-order valence-corrected chi connectivity index (χ0v) is 11.1. The van der Waals surface area contributed by atoms with Crippen molar-refractivity contribution in [2.24, 2.45) is 5.92 Å². The lowest BCUT2D eigenvalue weighted by atomic mass is 10.2. The van der Waals surface area contributed by atoms with Crippen LogP contribution in [0.3, 0.4) is 0 Å². The van der Waals surface area contributed by atoms with Crippen LogP contribution in [0.4, 0.5) is 11.6 Å². The highest BCUT2D eigenvalue weighted by atomic mass is 15.1. The van der Waals surface area contributed by atoms with Gasteiger partial charge in [0.1, 0.15) is 17.5 Å². The number of aromatic nitrogens is 2. The molecule has 1 aromatic rings. The summed E-state index contributed by atoms with van der Waals surface area (Å²) in [7, 11) is 0. The second-order valence-electron chi connectivity index (χ2n) is 5.15. The van der Waals surface area contributed by atoms with E-state index in [9.17, 15) is 0 Å². The van der Waals surface area contributed by atoms with Crippen molar-refractivity contribution in [1.82, 2.24) is 9.97 Å². The molecule has 94 valence electrons. The van der Waals surface area contributed by atoms with E-state index in [0.717, 1.165) is 29.9 Å².